The van der Waals surface area contributed by atoms with Gasteiger partial charge in [0.15, 0.2) is 0 Å². The summed E-state index contributed by atoms with van der Waals surface area (Å²) in [5.74, 6) is 1.14. The number of hydrogen-bond donors (Lipinski definition) is 2. The summed E-state index contributed by atoms with van der Waals surface area (Å²) in [4.78, 5) is 14.9. The van der Waals surface area contributed by atoms with Crippen molar-refractivity contribution in [1.29, 1.82) is 0 Å². The Kier molecular flexibility index (Phi) is 6.29. The summed E-state index contributed by atoms with van der Waals surface area (Å²) in [5.41, 5.74) is 0. The lowest BCUT2D eigenvalue weighted by atomic mass is 9.94. The number of aromatic nitrogens is 3. The van der Waals surface area contributed by atoms with Crippen molar-refractivity contribution in [2.45, 2.75) is 36.8 Å². The SMILES string of the molecule is O=C(NCCSc1cn[nH]n1)C1CCCN(C2CCOCC2)C1. The van der Waals surface area contributed by atoms with Gasteiger partial charge in [-0.1, -0.05) is 0 Å². The van der Waals surface area contributed by atoms with Crippen LogP contribution in [0.15, 0.2) is 11.2 Å². The number of amides is 1. The van der Waals surface area contributed by atoms with Crippen LogP contribution in [0.5, 0.6) is 0 Å². The molecule has 0 spiro atoms. The van der Waals surface area contributed by atoms with Crippen molar-refractivity contribution in [1.82, 2.24) is 25.6 Å². The third-order valence-electron chi connectivity index (χ3n) is 4.57. The van der Waals surface area contributed by atoms with Gasteiger partial charge in [0, 0.05) is 38.1 Å². The Morgan fingerprint density at radius 2 is 2.30 bits per heavy atom. The molecule has 0 saturated carbocycles. The van der Waals surface area contributed by atoms with Gasteiger partial charge in [0.25, 0.3) is 0 Å². The summed E-state index contributed by atoms with van der Waals surface area (Å²) in [6.07, 6.45) is 6.01. The van der Waals surface area contributed by atoms with Crippen LogP contribution in [0.2, 0.25) is 0 Å². The van der Waals surface area contributed by atoms with Crippen molar-refractivity contribution in [2.75, 3.05) is 38.6 Å². The standard InChI is InChI=1S/C15H25N5O2S/c21-15(16-5-9-23-14-10-17-19-18-14)12-2-1-6-20(11-12)13-3-7-22-8-4-13/h10,12-13H,1-9,11H2,(H,16,21)(H,17,18,19). The number of carbonyl (C=O) groups excluding carboxylic acids is 1. The minimum Gasteiger partial charge on any atom is -0.381 e. The first-order valence-corrected chi connectivity index (χ1v) is 9.39. The summed E-state index contributed by atoms with van der Waals surface area (Å²) in [6.45, 7) is 4.40. The van der Waals surface area contributed by atoms with Crippen LogP contribution in [0.1, 0.15) is 25.7 Å². The quantitative estimate of drug-likeness (QED) is 0.592. The largest absolute Gasteiger partial charge is 0.381 e. The number of hydrogen-bond acceptors (Lipinski definition) is 6. The number of H-pyrrole nitrogens is 1. The minimum absolute atomic E-state index is 0.128. The molecule has 1 amide bonds. The highest BCUT2D eigenvalue weighted by Crippen LogP contribution is 2.23. The summed E-state index contributed by atoms with van der Waals surface area (Å²) in [6, 6.07) is 0.599. The molecule has 128 valence electrons. The molecule has 2 saturated heterocycles. The summed E-state index contributed by atoms with van der Waals surface area (Å²) in [7, 11) is 0. The summed E-state index contributed by atoms with van der Waals surface area (Å²) >= 11 is 1.60. The van der Waals surface area contributed by atoms with E-state index in [1.165, 1.54) is 0 Å². The van der Waals surface area contributed by atoms with Crippen molar-refractivity contribution in [3.05, 3.63) is 6.20 Å². The fraction of sp³-hybridized carbons (Fsp3) is 0.800. The lowest BCUT2D eigenvalue weighted by Gasteiger charge is -2.39. The summed E-state index contributed by atoms with van der Waals surface area (Å²) < 4.78 is 5.44. The van der Waals surface area contributed by atoms with Crippen LogP contribution < -0.4 is 5.32 Å². The molecule has 0 radical (unpaired) electrons. The highest BCUT2D eigenvalue weighted by atomic mass is 32.2. The average molecular weight is 339 g/mol. The molecule has 0 bridgehead atoms. The number of rotatable bonds is 6. The van der Waals surface area contributed by atoms with Gasteiger partial charge >= 0.3 is 0 Å². The van der Waals surface area contributed by atoms with Crippen LogP contribution in [0.3, 0.4) is 0 Å². The second-order valence-electron chi connectivity index (χ2n) is 6.13. The van der Waals surface area contributed by atoms with Crippen molar-refractivity contribution in [2.24, 2.45) is 5.92 Å². The number of carbonyl (C=O) groups is 1. The maximum absolute atomic E-state index is 12.4. The molecule has 0 aromatic carbocycles. The van der Waals surface area contributed by atoms with Gasteiger partial charge in [-0.05, 0) is 32.2 Å². The van der Waals surface area contributed by atoms with Gasteiger partial charge in [-0.2, -0.15) is 10.3 Å². The van der Waals surface area contributed by atoms with Gasteiger partial charge in [-0.3, -0.25) is 9.69 Å². The van der Waals surface area contributed by atoms with Gasteiger partial charge in [0.2, 0.25) is 5.91 Å². The van der Waals surface area contributed by atoms with E-state index in [1.54, 1.807) is 18.0 Å². The number of aromatic amines is 1. The Bertz CT molecular complexity index is 478. The molecular weight excluding hydrogens is 314 g/mol. The molecule has 23 heavy (non-hydrogen) atoms. The molecule has 1 unspecified atom stereocenters. The first kappa shape index (κ1) is 16.7. The highest BCUT2D eigenvalue weighted by Gasteiger charge is 2.30. The van der Waals surface area contributed by atoms with E-state index in [2.05, 4.69) is 25.6 Å². The van der Waals surface area contributed by atoms with Crippen molar-refractivity contribution >= 4 is 17.7 Å². The van der Waals surface area contributed by atoms with Gasteiger partial charge in [-0.25, -0.2) is 0 Å². The average Bonchev–Trinajstić information content (AvgIpc) is 3.13. The first-order valence-electron chi connectivity index (χ1n) is 8.41. The zero-order chi connectivity index (χ0) is 15.9. The van der Waals surface area contributed by atoms with Crippen LogP contribution in [-0.2, 0) is 9.53 Å². The van der Waals surface area contributed by atoms with Crippen LogP contribution in [0.4, 0.5) is 0 Å². The second kappa shape index (κ2) is 8.65. The van der Waals surface area contributed by atoms with E-state index in [0.29, 0.717) is 12.6 Å². The van der Waals surface area contributed by atoms with Crippen molar-refractivity contribution in [3.8, 4) is 0 Å². The molecule has 3 rings (SSSR count). The van der Waals surface area contributed by atoms with Crippen molar-refractivity contribution in [3.63, 3.8) is 0 Å². The molecular formula is C15H25N5O2S. The number of nitrogens with zero attached hydrogens (tertiary/aromatic N) is 3. The van der Waals surface area contributed by atoms with Crippen LogP contribution in [0.25, 0.3) is 0 Å². The Labute approximate surface area is 140 Å². The molecule has 2 aliphatic heterocycles. The molecule has 2 fully saturated rings. The molecule has 2 aliphatic rings. The van der Waals surface area contributed by atoms with Gasteiger partial charge in [0.1, 0.15) is 5.03 Å². The number of thioether (sulfide) groups is 1. The minimum atomic E-state index is 0.128. The fourth-order valence-corrected chi connectivity index (χ4v) is 3.98. The Morgan fingerprint density at radius 1 is 1.43 bits per heavy atom. The number of likely N-dealkylation sites (tertiary alicyclic amines) is 1. The van der Waals surface area contributed by atoms with E-state index in [1.807, 2.05) is 0 Å². The molecule has 3 heterocycles. The van der Waals surface area contributed by atoms with Crippen LogP contribution in [-0.4, -0.2) is 70.9 Å². The maximum Gasteiger partial charge on any atom is 0.224 e. The Hall–Kier alpha value is -1.12. The van der Waals surface area contributed by atoms with E-state index in [-0.39, 0.29) is 11.8 Å². The van der Waals surface area contributed by atoms with E-state index in [0.717, 1.165) is 62.8 Å². The predicted octanol–water partition coefficient (Wildman–Crippen LogP) is 0.904. The van der Waals surface area contributed by atoms with Crippen LogP contribution in [0, 0.1) is 5.92 Å². The smallest absolute Gasteiger partial charge is 0.224 e. The molecule has 7 nitrogen and oxygen atoms in total. The number of ether oxygens (including phenoxy) is 1. The predicted molar refractivity (Wildman–Crippen MR) is 88.3 cm³/mol. The molecule has 0 aliphatic carbocycles. The number of nitrogens with one attached hydrogen (secondary N) is 2. The van der Waals surface area contributed by atoms with E-state index in [9.17, 15) is 4.79 Å². The van der Waals surface area contributed by atoms with E-state index >= 15 is 0 Å². The fourth-order valence-electron chi connectivity index (χ4n) is 3.34. The van der Waals surface area contributed by atoms with Gasteiger partial charge in [0.05, 0.1) is 12.1 Å². The first-order chi connectivity index (χ1) is 11.3. The van der Waals surface area contributed by atoms with Gasteiger partial charge < -0.3 is 10.1 Å². The summed E-state index contributed by atoms with van der Waals surface area (Å²) in [5, 5.41) is 14.3. The highest BCUT2D eigenvalue weighted by molar-refractivity contribution is 7.99. The molecule has 1 aromatic heterocycles. The second-order valence-corrected chi connectivity index (χ2v) is 7.24. The lowest BCUT2D eigenvalue weighted by Crippen LogP contribution is -2.48. The zero-order valence-corrected chi connectivity index (χ0v) is 14.2. The molecule has 1 atom stereocenters. The normalized spacial score (nSPS) is 23.7. The van der Waals surface area contributed by atoms with Gasteiger partial charge in [-0.15, -0.1) is 16.9 Å². The van der Waals surface area contributed by atoms with Crippen LogP contribution >= 0.6 is 11.8 Å². The maximum atomic E-state index is 12.4. The molecule has 8 heteroatoms. The number of piperidine rings is 1. The monoisotopic (exact) mass is 339 g/mol. The van der Waals surface area contributed by atoms with E-state index < -0.39 is 0 Å². The third kappa shape index (κ3) is 4.92. The lowest BCUT2D eigenvalue weighted by molar-refractivity contribution is -0.127. The molecule has 1 aromatic rings. The van der Waals surface area contributed by atoms with E-state index in [4.69, 9.17) is 4.74 Å². The topological polar surface area (TPSA) is 83.1 Å². The third-order valence-corrected chi connectivity index (χ3v) is 5.48. The molecule has 2 N–H and O–H groups in total. The Morgan fingerprint density at radius 3 is 3.09 bits per heavy atom. The zero-order valence-electron chi connectivity index (χ0n) is 13.4. The van der Waals surface area contributed by atoms with Crippen molar-refractivity contribution < 1.29 is 9.53 Å². The Balaban J connectivity index is 1.38.